The molecule has 0 radical (unpaired) electrons. The van der Waals surface area contributed by atoms with Gasteiger partial charge in [-0.05, 0) is 30.0 Å². The van der Waals surface area contributed by atoms with Crippen LogP contribution in [0.15, 0.2) is 54.6 Å². The van der Waals surface area contributed by atoms with Gasteiger partial charge in [-0.3, -0.25) is 14.7 Å². The van der Waals surface area contributed by atoms with E-state index in [2.05, 4.69) is 64.1 Å². The molecule has 1 unspecified atom stereocenters. The first-order chi connectivity index (χ1) is 13.6. The van der Waals surface area contributed by atoms with Crippen molar-refractivity contribution in [3.05, 3.63) is 71.3 Å². The van der Waals surface area contributed by atoms with Crippen LogP contribution in [0.2, 0.25) is 0 Å². The molecule has 2 heterocycles. The summed E-state index contributed by atoms with van der Waals surface area (Å²) >= 11 is 0. The minimum Gasteiger partial charge on any atom is -0.384 e. The van der Waals surface area contributed by atoms with Crippen LogP contribution in [0.4, 0.5) is 0 Å². The number of hydrogen-bond donors (Lipinski definition) is 1. The van der Waals surface area contributed by atoms with Crippen LogP contribution in [0.3, 0.4) is 0 Å². The Kier molecular flexibility index (Phi) is 6.12. The first kappa shape index (κ1) is 19.6. The molecule has 0 spiro atoms. The summed E-state index contributed by atoms with van der Waals surface area (Å²) in [7, 11) is 0. The maximum atomic E-state index is 11.2. The molecular weight excluding hydrogens is 346 g/mol. The Morgan fingerprint density at radius 3 is 2.18 bits per heavy atom. The van der Waals surface area contributed by atoms with E-state index in [1.54, 1.807) is 0 Å². The van der Waals surface area contributed by atoms with Crippen LogP contribution in [0.1, 0.15) is 23.1 Å². The zero-order valence-electron chi connectivity index (χ0n) is 17.1. The standard InChI is InChI=1S/C24H33N3O/c1-21-7-5-6-10-23(21)24(28)11-12-27(20-24)18-15-25-13-16-26(17-14-25)19-22-8-3-2-4-9-22/h2-10,28H,11-20H2,1H3. The summed E-state index contributed by atoms with van der Waals surface area (Å²) in [5.41, 5.74) is 3.02. The maximum absolute atomic E-state index is 11.2. The van der Waals surface area contributed by atoms with Crippen molar-refractivity contribution >= 4 is 0 Å². The third kappa shape index (κ3) is 4.64. The quantitative estimate of drug-likeness (QED) is 0.836. The van der Waals surface area contributed by atoms with Crippen molar-refractivity contribution in [3.8, 4) is 0 Å². The molecule has 1 atom stereocenters. The number of rotatable bonds is 6. The summed E-state index contributed by atoms with van der Waals surface area (Å²) < 4.78 is 0. The Morgan fingerprint density at radius 1 is 0.786 bits per heavy atom. The molecule has 0 saturated carbocycles. The number of hydrogen-bond acceptors (Lipinski definition) is 4. The highest BCUT2D eigenvalue weighted by Crippen LogP contribution is 2.33. The zero-order chi connectivity index (χ0) is 19.4. The highest BCUT2D eigenvalue weighted by atomic mass is 16.3. The zero-order valence-corrected chi connectivity index (χ0v) is 17.1. The van der Waals surface area contributed by atoms with Crippen LogP contribution >= 0.6 is 0 Å². The van der Waals surface area contributed by atoms with E-state index in [-0.39, 0.29) is 0 Å². The van der Waals surface area contributed by atoms with Crippen molar-refractivity contribution in [1.29, 1.82) is 0 Å². The molecule has 0 aliphatic carbocycles. The van der Waals surface area contributed by atoms with Crippen LogP contribution in [0, 0.1) is 6.92 Å². The highest BCUT2D eigenvalue weighted by Gasteiger charge is 2.38. The molecular formula is C24H33N3O. The van der Waals surface area contributed by atoms with Gasteiger partial charge >= 0.3 is 0 Å². The number of nitrogens with zero attached hydrogens (tertiary/aromatic N) is 3. The third-order valence-electron chi connectivity index (χ3n) is 6.42. The molecule has 4 heteroatoms. The van der Waals surface area contributed by atoms with E-state index in [0.29, 0.717) is 0 Å². The Balaban J connectivity index is 1.22. The fraction of sp³-hybridized carbons (Fsp3) is 0.500. The Morgan fingerprint density at radius 2 is 1.43 bits per heavy atom. The maximum Gasteiger partial charge on any atom is 0.104 e. The summed E-state index contributed by atoms with van der Waals surface area (Å²) in [6.07, 6.45) is 0.836. The van der Waals surface area contributed by atoms with E-state index in [0.717, 1.165) is 70.9 Å². The summed E-state index contributed by atoms with van der Waals surface area (Å²) in [5.74, 6) is 0. The SMILES string of the molecule is Cc1ccccc1C1(O)CCN(CCN2CCN(Cc3ccccc3)CC2)C1. The molecule has 0 bridgehead atoms. The van der Waals surface area contributed by atoms with Crippen molar-refractivity contribution in [2.45, 2.75) is 25.5 Å². The molecule has 2 aliphatic heterocycles. The molecule has 28 heavy (non-hydrogen) atoms. The fourth-order valence-electron chi connectivity index (χ4n) is 4.67. The van der Waals surface area contributed by atoms with Gasteiger partial charge in [-0.25, -0.2) is 0 Å². The minimum atomic E-state index is -0.681. The summed E-state index contributed by atoms with van der Waals surface area (Å²) in [5, 5.41) is 11.2. The molecule has 4 nitrogen and oxygen atoms in total. The molecule has 2 aromatic rings. The van der Waals surface area contributed by atoms with Crippen LogP contribution < -0.4 is 0 Å². The lowest BCUT2D eigenvalue weighted by Gasteiger charge is -2.35. The average Bonchev–Trinajstić information content (AvgIpc) is 3.11. The second kappa shape index (κ2) is 8.75. The first-order valence-electron chi connectivity index (χ1n) is 10.6. The number of aliphatic hydroxyl groups is 1. The molecule has 0 amide bonds. The molecule has 0 aromatic heterocycles. The lowest BCUT2D eigenvalue weighted by atomic mass is 9.89. The van der Waals surface area contributed by atoms with Crippen LogP contribution in [-0.4, -0.2) is 72.2 Å². The predicted molar refractivity (Wildman–Crippen MR) is 114 cm³/mol. The van der Waals surface area contributed by atoms with E-state index < -0.39 is 5.60 Å². The number of likely N-dealkylation sites (tertiary alicyclic amines) is 1. The Hall–Kier alpha value is -1.72. The van der Waals surface area contributed by atoms with Gasteiger partial charge in [-0.2, -0.15) is 0 Å². The molecule has 2 fully saturated rings. The van der Waals surface area contributed by atoms with Gasteiger partial charge in [0.2, 0.25) is 0 Å². The van der Waals surface area contributed by atoms with E-state index in [9.17, 15) is 5.11 Å². The van der Waals surface area contributed by atoms with Crippen molar-refractivity contribution in [2.75, 3.05) is 52.4 Å². The number of piperazine rings is 1. The monoisotopic (exact) mass is 379 g/mol. The van der Waals surface area contributed by atoms with Gasteiger partial charge in [0.05, 0.1) is 0 Å². The predicted octanol–water partition coefficient (Wildman–Crippen LogP) is 2.71. The average molecular weight is 380 g/mol. The van der Waals surface area contributed by atoms with Crippen molar-refractivity contribution < 1.29 is 5.11 Å². The lowest BCUT2D eigenvalue weighted by Crippen LogP contribution is -2.48. The Bertz CT molecular complexity index is 757. The molecule has 1 N–H and O–H groups in total. The van der Waals surface area contributed by atoms with E-state index in [1.807, 2.05) is 12.1 Å². The molecule has 150 valence electrons. The van der Waals surface area contributed by atoms with Crippen LogP contribution in [0.25, 0.3) is 0 Å². The number of aryl methyl sites for hydroxylation is 1. The normalized spacial score (nSPS) is 24.6. The third-order valence-corrected chi connectivity index (χ3v) is 6.42. The van der Waals surface area contributed by atoms with Gasteiger partial charge in [0.15, 0.2) is 0 Å². The van der Waals surface area contributed by atoms with Gasteiger partial charge < -0.3 is 5.11 Å². The fourth-order valence-corrected chi connectivity index (χ4v) is 4.67. The minimum absolute atomic E-state index is 0.681. The van der Waals surface area contributed by atoms with Crippen LogP contribution in [-0.2, 0) is 12.1 Å². The second-order valence-corrected chi connectivity index (χ2v) is 8.48. The Labute approximate surface area is 169 Å². The largest absolute Gasteiger partial charge is 0.384 e. The smallest absolute Gasteiger partial charge is 0.104 e. The highest BCUT2D eigenvalue weighted by molar-refractivity contribution is 5.32. The van der Waals surface area contributed by atoms with E-state index >= 15 is 0 Å². The number of benzene rings is 2. The first-order valence-corrected chi connectivity index (χ1v) is 10.6. The van der Waals surface area contributed by atoms with Gasteiger partial charge in [0, 0.05) is 58.9 Å². The second-order valence-electron chi connectivity index (χ2n) is 8.48. The van der Waals surface area contributed by atoms with E-state index in [4.69, 9.17) is 0 Å². The van der Waals surface area contributed by atoms with Crippen molar-refractivity contribution in [1.82, 2.24) is 14.7 Å². The van der Waals surface area contributed by atoms with Gasteiger partial charge in [-0.1, -0.05) is 54.6 Å². The summed E-state index contributed by atoms with van der Waals surface area (Å²) in [4.78, 5) is 7.56. The van der Waals surface area contributed by atoms with Crippen molar-refractivity contribution in [2.24, 2.45) is 0 Å². The topological polar surface area (TPSA) is 30.0 Å². The van der Waals surface area contributed by atoms with Crippen molar-refractivity contribution in [3.63, 3.8) is 0 Å². The molecule has 4 rings (SSSR count). The summed E-state index contributed by atoms with van der Waals surface area (Å²) in [6.45, 7) is 11.6. The van der Waals surface area contributed by atoms with Gasteiger partial charge in [0.25, 0.3) is 0 Å². The van der Waals surface area contributed by atoms with Gasteiger partial charge in [-0.15, -0.1) is 0 Å². The molecule has 2 aromatic carbocycles. The molecule has 2 saturated heterocycles. The van der Waals surface area contributed by atoms with Gasteiger partial charge in [0.1, 0.15) is 5.60 Å². The van der Waals surface area contributed by atoms with E-state index in [1.165, 1.54) is 11.1 Å². The van der Waals surface area contributed by atoms with Crippen LogP contribution in [0.5, 0.6) is 0 Å². The molecule has 2 aliphatic rings. The number of β-amino-alcohol motifs (C(OH)–C–C–N with tert-alkyl or cyclic N) is 1. The lowest BCUT2D eigenvalue weighted by molar-refractivity contribution is 0.0431. The summed E-state index contributed by atoms with van der Waals surface area (Å²) in [6, 6.07) is 19.0.